The Labute approximate surface area is 125 Å². The third-order valence-corrected chi connectivity index (χ3v) is 4.39. The molecule has 2 rings (SSSR count). The molecule has 0 unspecified atom stereocenters. The SMILES string of the molecule is CCC1(CC)NC(=O)CCN(Cc2ccncc2C)C1=O. The second kappa shape index (κ2) is 6.24. The lowest BCUT2D eigenvalue weighted by Gasteiger charge is -2.34. The summed E-state index contributed by atoms with van der Waals surface area (Å²) < 4.78 is 0. The van der Waals surface area contributed by atoms with Crippen LogP contribution in [0.1, 0.15) is 44.2 Å². The monoisotopic (exact) mass is 289 g/mol. The second-order valence-electron chi connectivity index (χ2n) is 5.62. The first-order valence-corrected chi connectivity index (χ1v) is 7.52. The van der Waals surface area contributed by atoms with Gasteiger partial charge in [0.25, 0.3) is 0 Å². The molecule has 1 saturated heterocycles. The highest BCUT2D eigenvalue weighted by Crippen LogP contribution is 2.23. The molecule has 2 amide bonds. The minimum absolute atomic E-state index is 0.0227. The van der Waals surface area contributed by atoms with E-state index in [2.05, 4.69) is 10.3 Å². The first kappa shape index (κ1) is 15.5. The van der Waals surface area contributed by atoms with Crippen molar-refractivity contribution in [3.8, 4) is 0 Å². The number of aryl methyl sites for hydroxylation is 1. The second-order valence-corrected chi connectivity index (χ2v) is 5.62. The van der Waals surface area contributed by atoms with E-state index < -0.39 is 5.54 Å². The van der Waals surface area contributed by atoms with Gasteiger partial charge in [0.05, 0.1) is 0 Å². The number of hydrogen-bond acceptors (Lipinski definition) is 3. The Morgan fingerprint density at radius 1 is 1.33 bits per heavy atom. The molecule has 0 spiro atoms. The Hall–Kier alpha value is -1.91. The molecule has 0 aromatic carbocycles. The highest BCUT2D eigenvalue weighted by molar-refractivity contribution is 5.93. The van der Waals surface area contributed by atoms with Gasteiger partial charge in [-0.1, -0.05) is 13.8 Å². The van der Waals surface area contributed by atoms with E-state index in [0.717, 1.165) is 11.1 Å². The van der Waals surface area contributed by atoms with Crippen LogP contribution in [0.4, 0.5) is 0 Å². The van der Waals surface area contributed by atoms with Crippen molar-refractivity contribution >= 4 is 11.8 Å². The van der Waals surface area contributed by atoms with E-state index in [1.54, 1.807) is 17.3 Å². The number of carbonyl (C=O) groups is 2. The standard InChI is InChI=1S/C16H23N3O2/c1-4-16(5-2)15(21)19(9-7-14(20)18-16)11-13-6-8-17-10-12(13)3/h6,8,10H,4-5,7,9,11H2,1-3H3,(H,18,20). The summed E-state index contributed by atoms with van der Waals surface area (Å²) in [5, 5.41) is 2.93. The van der Waals surface area contributed by atoms with Crippen molar-refractivity contribution in [3.63, 3.8) is 0 Å². The highest BCUT2D eigenvalue weighted by Gasteiger charge is 2.41. The van der Waals surface area contributed by atoms with E-state index in [-0.39, 0.29) is 11.8 Å². The maximum atomic E-state index is 12.9. The van der Waals surface area contributed by atoms with E-state index in [0.29, 0.717) is 32.4 Å². The Morgan fingerprint density at radius 2 is 2.05 bits per heavy atom. The van der Waals surface area contributed by atoms with Gasteiger partial charge in [-0.15, -0.1) is 0 Å². The van der Waals surface area contributed by atoms with Gasteiger partial charge >= 0.3 is 0 Å². The number of aromatic nitrogens is 1. The molecule has 1 aromatic heterocycles. The van der Waals surface area contributed by atoms with E-state index >= 15 is 0 Å². The lowest BCUT2D eigenvalue weighted by atomic mass is 9.91. The smallest absolute Gasteiger partial charge is 0.248 e. The molecular weight excluding hydrogens is 266 g/mol. The summed E-state index contributed by atoms with van der Waals surface area (Å²) in [6.45, 7) is 6.88. The fourth-order valence-electron chi connectivity index (χ4n) is 2.79. The lowest BCUT2D eigenvalue weighted by Crippen LogP contribution is -2.56. The first-order chi connectivity index (χ1) is 10.0. The first-order valence-electron chi connectivity index (χ1n) is 7.52. The Kier molecular flexibility index (Phi) is 4.60. The number of nitrogens with one attached hydrogen (secondary N) is 1. The van der Waals surface area contributed by atoms with Crippen molar-refractivity contribution in [2.45, 2.75) is 52.1 Å². The van der Waals surface area contributed by atoms with Gasteiger partial charge in [-0.2, -0.15) is 0 Å². The lowest BCUT2D eigenvalue weighted by molar-refractivity contribution is -0.139. The van der Waals surface area contributed by atoms with Crippen molar-refractivity contribution in [3.05, 3.63) is 29.6 Å². The fourth-order valence-corrected chi connectivity index (χ4v) is 2.79. The zero-order chi connectivity index (χ0) is 15.5. The zero-order valence-electron chi connectivity index (χ0n) is 13.0. The quantitative estimate of drug-likeness (QED) is 0.919. The molecule has 21 heavy (non-hydrogen) atoms. The third kappa shape index (κ3) is 3.06. The van der Waals surface area contributed by atoms with Crippen LogP contribution >= 0.6 is 0 Å². The van der Waals surface area contributed by atoms with Gasteiger partial charge in [0, 0.05) is 31.9 Å². The largest absolute Gasteiger partial charge is 0.342 e. The average Bonchev–Trinajstić information content (AvgIpc) is 2.61. The fraction of sp³-hybridized carbons (Fsp3) is 0.562. The molecule has 0 aliphatic carbocycles. The number of carbonyl (C=O) groups excluding carboxylic acids is 2. The minimum atomic E-state index is -0.755. The molecule has 1 fully saturated rings. The molecule has 1 N–H and O–H groups in total. The van der Waals surface area contributed by atoms with Crippen molar-refractivity contribution in [1.29, 1.82) is 0 Å². The molecule has 0 atom stereocenters. The molecule has 0 radical (unpaired) electrons. The number of hydrogen-bond donors (Lipinski definition) is 1. The normalized spacial score (nSPS) is 18.3. The molecular formula is C16H23N3O2. The van der Waals surface area contributed by atoms with E-state index in [9.17, 15) is 9.59 Å². The van der Waals surface area contributed by atoms with Gasteiger partial charge in [-0.3, -0.25) is 14.6 Å². The van der Waals surface area contributed by atoms with Crippen LogP contribution in [0.25, 0.3) is 0 Å². The highest BCUT2D eigenvalue weighted by atomic mass is 16.2. The topological polar surface area (TPSA) is 62.3 Å². The zero-order valence-corrected chi connectivity index (χ0v) is 13.0. The van der Waals surface area contributed by atoms with Crippen LogP contribution in [-0.2, 0) is 16.1 Å². The van der Waals surface area contributed by atoms with Crippen LogP contribution in [0.3, 0.4) is 0 Å². The predicted molar refractivity (Wildman–Crippen MR) is 80.5 cm³/mol. The number of nitrogens with zero attached hydrogens (tertiary/aromatic N) is 2. The van der Waals surface area contributed by atoms with Crippen LogP contribution in [0.5, 0.6) is 0 Å². The van der Waals surface area contributed by atoms with Crippen molar-refractivity contribution in [2.75, 3.05) is 6.54 Å². The van der Waals surface area contributed by atoms with Crippen molar-refractivity contribution in [1.82, 2.24) is 15.2 Å². The summed E-state index contributed by atoms with van der Waals surface area (Å²) in [6.07, 6.45) is 5.12. The van der Waals surface area contributed by atoms with Gasteiger partial charge in [0.1, 0.15) is 5.54 Å². The molecule has 0 bridgehead atoms. The molecule has 1 aliphatic rings. The van der Waals surface area contributed by atoms with Crippen molar-refractivity contribution < 1.29 is 9.59 Å². The number of rotatable bonds is 4. The van der Waals surface area contributed by atoms with Gasteiger partial charge in [-0.05, 0) is 37.0 Å². The molecule has 1 aromatic rings. The summed E-state index contributed by atoms with van der Waals surface area (Å²) >= 11 is 0. The Bertz CT molecular complexity index is 538. The summed E-state index contributed by atoms with van der Waals surface area (Å²) in [6, 6.07) is 1.93. The molecule has 0 saturated carbocycles. The summed E-state index contributed by atoms with van der Waals surface area (Å²) in [5.74, 6) is -0.0180. The Morgan fingerprint density at radius 3 is 2.67 bits per heavy atom. The molecule has 5 heteroatoms. The number of pyridine rings is 1. The van der Waals surface area contributed by atoms with Gasteiger partial charge < -0.3 is 10.2 Å². The maximum absolute atomic E-state index is 12.9. The molecule has 114 valence electrons. The van der Waals surface area contributed by atoms with Crippen LogP contribution in [0.2, 0.25) is 0 Å². The third-order valence-electron chi connectivity index (χ3n) is 4.39. The van der Waals surface area contributed by atoms with E-state index in [4.69, 9.17) is 0 Å². The van der Waals surface area contributed by atoms with Crippen LogP contribution < -0.4 is 5.32 Å². The minimum Gasteiger partial charge on any atom is -0.342 e. The Balaban J connectivity index is 2.28. The van der Waals surface area contributed by atoms with Gasteiger partial charge in [0.15, 0.2) is 0 Å². The molecule has 2 heterocycles. The van der Waals surface area contributed by atoms with Gasteiger partial charge in [-0.25, -0.2) is 0 Å². The maximum Gasteiger partial charge on any atom is 0.248 e. The number of amides is 2. The predicted octanol–water partition coefficient (Wildman–Crippen LogP) is 1.80. The van der Waals surface area contributed by atoms with Gasteiger partial charge in [0.2, 0.25) is 11.8 Å². The summed E-state index contributed by atoms with van der Waals surface area (Å²) in [4.78, 5) is 30.7. The summed E-state index contributed by atoms with van der Waals surface area (Å²) in [7, 11) is 0. The summed E-state index contributed by atoms with van der Waals surface area (Å²) in [5.41, 5.74) is 1.38. The van der Waals surface area contributed by atoms with Crippen LogP contribution in [-0.4, -0.2) is 33.8 Å². The van der Waals surface area contributed by atoms with Crippen molar-refractivity contribution in [2.24, 2.45) is 0 Å². The van der Waals surface area contributed by atoms with E-state index in [1.165, 1.54) is 0 Å². The van der Waals surface area contributed by atoms with E-state index in [1.807, 2.05) is 26.8 Å². The average molecular weight is 289 g/mol. The molecule has 1 aliphatic heterocycles. The van der Waals surface area contributed by atoms with Crippen LogP contribution in [0.15, 0.2) is 18.5 Å². The van der Waals surface area contributed by atoms with Crippen LogP contribution in [0, 0.1) is 6.92 Å². The molecule has 5 nitrogen and oxygen atoms in total.